The average Bonchev–Trinajstić information content (AvgIpc) is 2.83. The van der Waals surface area contributed by atoms with Crippen molar-refractivity contribution in [2.24, 2.45) is 34.3 Å². The van der Waals surface area contributed by atoms with E-state index in [0.29, 0.717) is 5.92 Å². The molecule has 2 amide bonds. The van der Waals surface area contributed by atoms with Gasteiger partial charge in [0, 0.05) is 6.04 Å². The number of primary amides is 1. The molecule has 0 aliphatic heterocycles. The first-order valence-corrected chi connectivity index (χ1v) is 9.80. The number of nitrogens with one attached hydrogen (secondary N) is 1. The summed E-state index contributed by atoms with van der Waals surface area (Å²) in [5.74, 6) is 2.21. The number of carbonyl (C=O) groups excluding carboxylic acids is 1. The van der Waals surface area contributed by atoms with E-state index in [1.54, 1.807) is 5.57 Å². The number of rotatable bonds is 1. The van der Waals surface area contributed by atoms with Gasteiger partial charge >= 0.3 is 6.03 Å². The number of urea groups is 1. The van der Waals surface area contributed by atoms with Crippen LogP contribution in [-0.4, -0.2) is 23.3 Å². The molecular formula is C20H32N2O2. The summed E-state index contributed by atoms with van der Waals surface area (Å²) in [7, 11) is 0. The molecule has 4 heteroatoms. The zero-order chi connectivity index (χ0) is 17.1. The molecule has 0 aromatic carbocycles. The van der Waals surface area contributed by atoms with Gasteiger partial charge < -0.3 is 16.2 Å². The van der Waals surface area contributed by atoms with Crippen molar-refractivity contribution in [3.63, 3.8) is 0 Å². The van der Waals surface area contributed by atoms with Gasteiger partial charge in [0.15, 0.2) is 0 Å². The molecule has 4 aliphatic rings. The Morgan fingerprint density at radius 1 is 1.17 bits per heavy atom. The summed E-state index contributed by atoms with van der Waals surface area (Å²) in [5, 5.41) is 13.4. The van der Waals surface area contributed by atoms with Gasteiger partial charge in [0.05, 0.1) is 6.10 Å². The molecule has 7 atom stereocenters. The Morgan fingerprint density at radius 3 is 2.71 bits per heavy atom. The highest BCUT2D eigenvalue weighted by Crippen LogP contribution is 2.65. The Kier molecular flexibility index (Phi) is 3.76. The fourth-order valence-electron chi connectivity index (χ4n) is 7.00. The summed E-state index contributed by atoms with van der Waals surface area (Å²) in [6, 6.07) is -0.299. The number of aliphatic hydroxyl groups excluding tert-OH is 1. The lowest BCUT2D eigenvalue weighted by Crippen LogP contribution is -2.52. The Balaban J connectivity index is 1.60. The number of allylic oxidation sites excluding steroid dienone is 1. The van der Waals surface area contributed by atoms with Gasteiger partial charge in [0.1, 0.15) is 0 Å². The molecule has 134 valence electrons. The zero-order valence-electron chi connectivity index (χ0n) is 15.1. The summed E-state index contributed by atoms with van der Waals surface area (Å²) in [5.41, 5.74) is 7.31. The van der Waals surface area contributed by atoms with Crippen LogP contribution < -0.4 is 11.1 Å². The molecule has 3 fully saturated rings. The Labute approximate surface area is 145 Å². The molecule has 4 rings (SSSR count). The molecule has 4 aliphatic carbocycles. The molecule has 0 spiro atoms. The van der Waals surface area contributed by atoms with Crippen molar-refractivity contribution in [2.75, 3.05) is 0 Å². The first kappa shape index (κ1) is 16.4. The van der Waals surface area contributed by atoms with Crippen molar-refractivity contribution in [3.8, 4) is 0 Å². The van der Waals surface area contributed by atoms with Crippen LogP contribution in [0.15, 0.2) is 11.6 Å². The van der Waals surface area contributed by atoms with E-state index in [2.05, 4.69) is 25.2 Å². The fraction of sp³-hybridized carbons (Fsp3) is 0.850. The molecular weight excluding hydrogens is 300 g/mol. The Bertz CT molecular complexity index is 574. The molecule has 24 heavy (non-hydrogen) atoms. The zero-order valence-corrected chi connectivity index (χ0v) is 15.1. The minimum atomic E-state index is -0.414. The fourth-order valence-corrected chi connectivity index (χ4v) is 7.00. The maximum atomic E-state index is 11.2. The van der Waals surface area contributed by atoms with E-state index >= 15 is 0 Å². The molecule has 0 radical (unpaired) electrons. The van der Waals surface area contributed by atoms with Gasteiger partial charge in [-0.25, -0.2) is 4.79 Å². The molecule has 3 saturated carbocycles. The Morgan fingerprint density at radius 2 is 1.96 bits per heavy atom. The number of hydrogen-bond acceptors (Lipinski definition) is 2. The number of hydrogen-bond donors (Lipinski definition) is 3. The lowest BCUT2D eigenvalue weighted by atomic mass is 9.47. The minimum absolute atomic E-state index is 0.0938. The van der Waals surface area contributed by atoms with E-state index < -0.39 is 6.03 Å². The highest BCUT2D eigenvalue weighted by molar-refractivity contribution is 5.72. The van der Waals surface area contributed by atoms with E-state index in [-0.39, 0.29) is 23.0 Å². The molecule has 0 aromatic heterocycles. The van der Waals surface area contributed by atoms with E-state index in [4.69, 9.17) is 5.73 Å². The van der Waals surface area contributed by atoms with Crippen LogP contribution in [0, 0.1) is 28.6 Å². The van der Waals surface area contributed by atoms with Gasteiger partial charge in [-0.15, -0.1) is 0 Å². The summed E-state index contributed by atoms with van der Waals surface area (Å²) >= 11 is 0. The van der Waals surface area contributed by atoms with Crippen molar-refractivity contribution in [1.82, 2.24) is 5.32 Å². The lowest BCUT2D eigenvalue weighted by Gasteiger charge is -2.58. The first-order valence-electron chi connectivity index (χ1n) is 9.80. The number of aliphatic hydroxyl groups is 1. The third-order valence-corrected chi connectivity index (χ3v) is 8.39. The average molecular weight is 332 g/mol. The monoisotopic (exact) mass is 332 g/mol. The summed E-state index contributed by atoms with van der Waals surface area (Å²) in [6.45, 7) is 4.80. The normalized spacial score (nSPS) is 50.3. The largest absolute Gasteiger partial charge is 0.393 e. The van der Waals surface area contributed by atoms with Crippen LogP contribution in [0.1, 0.15) is 65.2 Å². The van der Waals surface area contributed by atoms with Crippen molar-refractivity contribution in [2.45, 2.75) is 77.4 Å². The van der Waals surface area contributed by atoms with Gasteiger partial charge in [-0.05, 0) is 80.0 Å². The van der Waals surface area contributed by atoms with Gasteiger partial charge in [-0.2, -0.15) is 0 Å². The van der Waals surface area contributed by atoms with Crippen molar-refractivity contribution >= 4 is 6.03 Å². The lowest BCUT2D eigenvalue weighted by molar-refractivity contribution is -0.0741. The SMILES string of the molecule is C[C@]12CC[C@H]3[C@@H](CCC4=C[C@H](NC(N)=O)CC[C@@]43C)[C@@H]1CC[C@@H]2O. The van der Waals surface area contributed by atoms with Crippen LogP contribution in [-0.2, 0) is 0 Å². The molecule has 0 unspecified atom stereocenters. The second-order valence-corrected chi connectivity index (χ2v) is 9.32. The van der Waals surface area contributed by atoms with Crippen LogP contribution in [0.3, 0.4) is 0 Å². The smallest absolute Gasteiger partial charge is 0.312 e. The highest BCUT2D eigenvalue weighted by Gasteiger charge is 2.58. The van der Waals surface area contributed by atoms with E-state index in [1.807, 2.05) is 0 Å². The highest BCUT2D eigenvalue weighted by atomic mass is 16.3. The van der Waals surface area contributed by atoms with Gasteiger partial charge in [-0.3, -0.25) is 0 Å². The molecule has 0 aromatic rings. The minimum Gasteiger partial charge on any atom is -0.393 e. The first-order chi connectivity index (χ1) is 11.3. The quantitative estimate of drug-likeness (QED) is 0.644. The maximum Gasteiger partial charge on any atom is 0.312 e. The van der Waals surface area contributed by atoms with Crippen LogP contribution in [0.4, 0.5) is 4.79 Å². The summed E-state index contributed by atoms with van der Waals surface area (Å²) in [6.07, 6.45) is 11.4. The molecule has 0 heterocycles. The molecule has 4 N–H and O–H groups in total. The second-order valence-electron chi connectivity index (χ2n) is 9.32. The number of carbonyl (C=O) groups is 1. The Hall–Kier alpha value is -1.03. The number of fused-ring (bicyclic) bond motifs is 5. The van der Waals surface area contributed by atoms with Crippen LogP contribution in [0.2, 0.25) is 0 Å². The van der Waals surface area contributed by atoms with Gasteiger partial charge in [0.25, 0.3) is 0 Å². The van der Waals surface area contributed by atoms with Gasteiger partial charge in [0.2, 0.25) is 0 Å². The maximum absolute atomic E-state index is 11.2. The van der Waals surface area contributed by atoms with Crippen LogP contribution >= 0.6 is 0 Å². The van der Waals surface area contributed by atoms with Crippen molar-refractivity contribution in [3.05, 3.63) is 11.6 Å². The van der Waals surface area contributed by atoms with E-state index in [9.17, 15) is 9.90 Å². The standard InChI is InChI=1S/C20H32N2O2/c1-19-9-7-13(22-18(21)24)11-12(19)3-4-14-15-5-6-17(23)20(15,2)10-8-16(14)19/h11,13-17,23H,3-10H2,1-2H3,(H3,21,22,24)/t13-,14+,15+,16+,17+,19+,20+/m1/s1. The molecule has 0 saturated heterocycles. The number of nitrogens with two attached hydrogens (primary N) is 1. The molecule has 4 nitrogen and oxygen atoms in total. The molecule has 0 bridgehead atoms. The predicted octanol–water partition coefficient (Wildman–Crippen LogP) is 3.35. The number of amides is 2. The third-order valence-electron chi connectivity index (χ3n) is 8.39. The van der Waals surface area contributed by atoms with E-state index in [1.165, 1.54) is 25.7 Å². The summed E-state index contributed by atoms with van der Waals surface area (Å²) in [4.78, 5) is 11.2. The predicted molar refractivity (Wildman–Crippen MR) is 94.2 cm³/mol. The second kappa shape index (κ2) is 5.48. The van der Waals surface area contributed by atoms with E-state index in [0.717, 1.165) is 37.5 Å². The third kappa shape index (κ3) is 2.25. The van der Waals surface area contributed by atoms with Crippen molar-refractivity contribution in [1.29, 1.82) is 0 Å². The van der Waals surface area contributed by atoms with Crippen molar-refractivity contribution < 1.29 is 9.90 Å². The van der Waals surface area contributed by atoms with Crippen LogP contribution in [0.25, 0.3) is 0 Å². The van der Waals surface area contributed by atoms with Gasteiger partial charge in [-0.1, -0.05) is 25.5 Å². The van der Waals surface area contributed by atoms with Crippen LogP contribution in [0.5, 0.6) is 0 Å². The summed E-state index contributed by atoms with van der Waals surface area (Å²) < 4.78 is 0. The topological polar surface area (TPSA) is 75.3 Å².